The van der Waals surface area contributed by atoms with Gasteiger partial charge in [0.2, 0.25) is 5.91 Å². The topological polar surface area (TPSA) is 41.6 Å². The van der Waals surface area contributed by atoms with Gasteiger partial charge in [-0.05, 0) is 56.1 Å². The summed E-state index contributed by atoms with van der Waals surface area (Å²) in [5.41, 5.74) is 1.04. The Morgan fingerprint density at radius 3 is 3.19 bits per heavy atom. The summed E-state index contributed by atoms with van der Waals surface area (Å²) in [6.45, 7) is 3.17. The molecule has 1 saturated heterocycles. The van der Waals surface area contributed by atoms with E-state index in [2.05, 4.69) is 5.32 Å². The molecule has 3 rings (SSSR count). The lowest BCUT2D eigenvalue weighted by molar-refractivity contribution is -0.135. The minimum atomic E-state index is -0.0793. The lowest BCUT2D eigenvalue weighted by atomic mass is 9.95. The number of nitrogens with zero attached hydrogens (tertiary/aromatic N) is 1. The molecule has 2 atom stereocenters. The van der Waals surface area contributed by atoms with Crippen molar-refractivity contribution in [1.29, 1.82) is 0 Å². The van der Waals surface area contributed by atoms with E-state index < -0.39 is 0 Å². The Hall–Kier alpha value is -1.26. The first kappa shape index (κ1) is 14.7. The second-order valence-corrected chi connectivity index (χ2v) is 6.40. The molecule has 2 aliphatic heterocycles. The SMILES string of the molecule is CNC[C@H]1CCN(C(=O)[C@@H]2COc3ccc(Cl)cc3C2)C1. The van der Waals surface area contributed by atoms with Crippen molar-refractivity contribution in [2.75, 3.05) is 33.3 Å². The molecule has 0 aromatic heterocycles. The maximum atomic E-state index is 12.6. The first-order valence-electron chi connectivity index (χ1n) is 7.52. The maximum Gasteiger partial charge on any atom is 0.229 e. The smallest absolute Gasteiger partial charge is 0.229 e. The number of carbonyl (C=O) groups excluding carboxylic acids is 1. The monoisotopic (exact) mass is 308 g/mol. The minimum Gasteiger partial charge on any atom is -0.492 e. The molecule has 114 valence electrons. The number of likely N-dealkylation sites (tertiary alicyclic amines) is 1. The zero-order valence-corrected chi connectivity index (χ0v) is 13.0. The summed E-state index contributed by atoms with van der Waals surface area (Å²) in [6.07, 6.45) is 1.81. The number of hydrogen-bond donors (Lipinski definition) is 1. The van der Waals surface area contributed by atoms with Gasteiger partial charge in [0.15, 0.2) is 0 Å². The molecule has 0 saturated carbocycles. The van der Waals surface area contributed by atoms with Crippen LogP contribution in [0.1, 0.15) is 12.0 Å². The first-order chi connectivity index (χ1) is 10.2. The number of benzene rings is 1. The average molecular weight is 309 g/mol. The Balaban J connectivity index is 1.64. The van der Waals surface area contributed by atoms with Crippen LogP contribution in [-0.2, 0) is 11.2 Å². The zero-order chi connectivity index (χ0) is 14.8. The molecule has 0 aliphatic carbocycles. The van der Waals surface area contributed by atoms with Crippen molar-refractivity contribution >= 4 is 17.5 Å². The van der Waals surface area contributed by atoms with E-state index in [1.54, 1.807) is 0 Å². The van der Waals surface area contributed by atoms with Gasteiger partial charge in [0.25, 0.3) is 0 Å². The van der Waals surface area contributed by atoms with Gasteiger partial charge in [-0.1, -0.05) is 11.6 Å². The number of rotatable bonds is 3. The molecule has 0 radical (unpaired) electrons. The van der Waals surface area contributed by atoms with Crippen LogP contribution in [0.2, 0.25) is 5.02 Å². The highest BCUT2D eigenvalue weighted by molar-refractivity contribution is 6.30. The van der Waals surface area contributed by atoms with Crippen molar-refractivity contribution in [3.8, 4) is 5.75 Å². The van der Waals surface area contributed by atoms with E-state index in [9.17, 15) is 4.79 Å². The summed E-state index contributed by atoms with van der Waals surface area (Å²) in [5, 5.41) is 3.89. The van der Waals surface area contributed by atoms with Crippen LogP contribution in [0.15, 0.2) is 18.2 Å². The van der Waals surface area contributed by atoms with Gasteiger partial charge in [-0.3, -0.25) is 4.79 Å². The molecule has 0 unspecified atom stereocenters. The van der Waals surface area contributed by atoms with Crippen LogP contribution in [-0.4, -0.2) is 44.1 Å². The van der Waals surface area contributed by atoms with Crippen molar-refractivity contribution in [3.63, 3.8) is 0 Å². The standard InChI is InChI=1S/C16H21ClN2O2/c1-18-8-11-4-5-19(9-11)16(20)13-6-12-7-14(17)2-3-15(12)21-10-13/h2-3,7,11,13,18H,4-6,8-10H2,1H3/t11-,13+/m1/s1. The highest BCUT2D eigenvalue weighted by Gasteiger charge is 2.33. The molecule has 2 heterocycles. The number of ether oxygens (including phenoxy) is 1. The quantitative estimate of drug-likeness (QED) is 0.928. The van der Waals surface area contributed by atoms with Crippen molar-refractivity contribution < 1.29 is 9.53 Å². The van der Waals surface area contributed by atoms with Crippen molar-refractivity contribution in [1.82, 2.24) is 10.2 Å². The summed E-state index contributed by atoms with van der Waals surface area (Å²) in [6, 6.07) is 5.62. The Labute approximate surface area is 130 Å². The molecular formula is C16H21ClN2O2. The summed E-state index contributed by atoms with van der Waals surface area (Å²) in [5.74, 6) is 1.58. The Kier molecular flexibility index (Phi) is 4.36. The summed E-state index contributed by atoms with van der Waals surface area (Å²) in [4.78, 5) is 14.6. The Morgan fingerprint density at radius 2 is 2.38 bits per heavy atom. The van der Waals surface area contributed by atoms with Crippen molar-refractivity contribution in [2.24, 2.45) is 11.8 Å². The lowest BCUT2D eigenvalue weighted by Gasteiger charge is -2.28. The van der Waals surface area contributed by atoms with Crippen LogP contribution in [0.25, 0.3) is 0 Å². The van der Waals surface area contributed by atoms with Gasteiger partial charge in [0, 0.05) is 18.1 Å². The summed E-state index contributed by atoms with van der Waals surface area (Å²) in [7, 11) is 1.96. The molecule has 1 fully saturated rings. The van der Waals surface area contributed by atoms with E-state index >= 15 is 0 Å². The molecule has 1 amide bonds. The molecule has 1 aromatic rings. The summed E-state index contributed by atoms with van der Waals surface area (Å²) < 4.78 is 5.73. The van der Waals surface area contributed by atoms with E-state index in [1.165, 1.54) is 0 Å². The third-order valence-electron chi connectivity index (χ3n) is 4.37. The van der Waals surface area contributed by atoms with Gasteiger partial charge in [0.1, 0.15) is 12.4 Å². The molecule has 4 nitrogen and oxygen atoms in total. The van der Waals surface area contributed by atoms with Gasteiger partial charge >= 0.3 is 0 Å². The van der Waals surface area contributed by atoms with Crippen LogP contribution < -0.4 is 10.1 Å². The van der Waals surface area contributed by atoms with Gasteiger partial charge < -0.3 is 15.0 Å². The first-order valence-corrected chi connectivity index (χ1v) is 7.89. The van der Waals surface area contributed by atoms with Crippen LogP contribution >= 0.6 is 11.6 Å². The highest BCUT2D eigenvalue weighted by atomic mass is 35.5. The van der Waals surface area contributed by atoms with E-state index in [1.807, 2.05) is 30.1 Å². The molecule has 1 N–H and O–H groups in total. The predicted molar refractivity (Wildman–Crippen MR) is 82.8 cm³/mol. The van der Waals surface area contributed by atoms with E-state index in [4.69, 9.17) is 16.3 Å². The average Bonchev–Trinajstić information content (AvgIpc) is 2.94. The number of hydrogen-bond acceptors (Lipinski definition) is 3. The maximum absolute atomic E-state index is 12.6. The van der Waals surface area contributed by atoms with Crippen LogP contribution in [0, 0.1) is 11.8 Å². The second kappa shape index (κ2) is 6.24. The Bertz CT molecular complexity index is 535. The van der Waals surface area contributed by atoms with Crippen molar-refractivity contribution in [2.45, 2.75) is 12.8 Å². The van der Waals surface area contributed by atoms with Gasteiger partial charge in [-0.25, -0.2) is 0 Å². The largest absolute Gasteiger partial charge is 0.492 e. The fourth-order valence-electron chi connectivity index (χ4n) is 3.27. The molecule has 0 bridgehead atoms. The molecule has 5 heteroatoms. The second-order valence-electron chi connectivity index (χ2n) is 5.96. The Morgan fingerprint density at radius 1 is 1.52 bits per heavy atom. The minimum absolute atomic E-state index is 0.0793. The van der Waals surface area contributed by atoms with Gasteiger partial charge in [0.05, 0.1) is 5.92 Å². The third kappa shape index (κ3) is 3.16. The van der Waals surface area contributed by atoms with E-state index in [0.29, 0.717) is 17.5 Å². The molecule has 21 heavy (non-hydrogen) atoms. The number of fused-ring (bicyclic) bond motifs is 1. The summed E-state index contributed by atoms with van der Waals surface area (Å²) >= 11 is 6.03. The van der Waals surface area contributed by atoms with Crippen LogP contribution in [0.3, 0.4) is 0 Å². The van der Waals surface area contributed by atoms with Crippen molar-refractivity contribution in [3.05, 3.63) is 28.8 Å². The third-order valence-corrected chi connectivity index (χ3v) is 4.60. The van der Waals surface area contributed by atoms with Crippen LogP contribution in [0.5, 0.6) is 5.75 Å². The predicted octanol–water partition coefficient (Wildman–Crippen LogP) is 1.96. The highest BCUT2D eigenvalue weighted by Crippen LogP contribution is 2.31. The lowest BCUT2D eigenvalue weighted by Crippen LogP contribution is -2.40. The molecule has 2 aliphatic rings. The van der Waals surface area contributed by atoms with E-state index in [-0.39, 0.29) is 11.8 Å². The molecular weight excluding hydrogens is 288 g/mol. The van der Waals surface area contributed by atoms with Gasteiger partial charge in [-0.15, -0.1) is 0 Å². The number of amides is 1. The van der Waals surface area contributed by atoms with E-state index in [0.717, 1.165) is 43.8 Å². The number of carbonyl (C=O) groups is 1. The number of nitrogens with one attached hydrogen (secondary N) is 1. The number of halogens is 1. The normalized spacial score (nSPS) is 24.6. The fraction of sp³-hybridized carbons (Fsp3) is 0.562. The zero-order valence-electron chi connectivity index (χ0n) is 12.3. The molecule has 0 spiro atoms. The molecule has 1 aromatic carbocycles. The van der Waals surface area contributed by atoms with Crippen LogP contribution in [0.4, 0.5) is 0 Å². The van der Waals surface area contributed by atoms with Gasteiger partial charge in [-0.2, -0.15) is 0 Å². The fourth-order valence-corrected chi connectivity index (χ4v) is 3.46.